The smallest absolute Gasteiger partial charge is 0.427 e. The molecule has 0 bridgehead atoms. The van der Waals surface area contributed by atoms with Crippen molar-refractivity contribution >= 4 is 22.0 Å². The van der Waals surface area contributed by atoms with Crippen molar-refractivity contribution in [1.82, 2.24) is 0 Å². The van der Waals surface area contributed by atoms with Crippen LogP contribution in [0.5, 0.6) is 5.75 Å². The Kier molecular flexibility index (Phi) is 11.3. The molecule has 0 spiro atoms. The van der Waals surface area contributed by atoms with Crippen molar-refractivity contribution in [3.05, 3.63) is 36.4 Å². The fourth-order valence-electron chi connectivity index (χ4n) is 2.42. The quantitative estimate of drug-likeness (QED) is 0.157. The minimum absolute atomic E-state index is 0.285. The first-order valence-corrected chi connectivity index (χ1v) is 11.3. The number of hydrogen-bond donors (Lipinski definition) is 2. The zero-order valence-corrected chi connectivity index (χ0v) is 17.4. The van der Waals surface area contributed by atoms with E-state index in [0.29, 0.717) is 12.3 Å². The molecule has 1 atom stereocenters. The van der Waals surface area contributed by atoms with Crippen LogP contribution in [0.15, 0.2) is 36.4 Å². The second-order valence-corrected chi connectivity index (χ2v) is 8.12. The van der Waals surface area contributed by atoms with E-state index in [1.54, 1.807) is 31.2 Å². The van der Waals surface area contributed by atoms with Crippen LogP contribution in [0.25, 0.3) is 0 Å². The van der Waals surface area contributed by atoms with E-state index < -0.39 is 16.3 Å². The van der Waals surface area contributed by atoms with Gasteiger partial charge in [-0.05, 0) is 56.5 Å². The fraction of sp³-hybridized carbons (Fsp3) is 0.550. The molecule has 28 heavy (non-hydrogen) atoms. The fourth-order valence-corrected chi connectivity index (χ4v) is 2.93. The highest BCUT2D eigenvalue weighted by molar-refractivity contribution is 7.85. The molecule has 0 aliphatic heterocycles. The number of benzene rings is 1. The number of ether oxygens (including phenoxy) is 2. The summed E-state index contributed by atoms with van der Waals surface area (Å²) in [4.78, 5) is 11.8. The molecule has 0 heterocycles. The predicted molar refractivity (Wildman–Crippen MR) is 110 cm³/mol. The predicted octanol–water partition coefficient (Wildman–Crippen LogP) is 4.81. The average molecular weight is 414 g/mol. The highest BCUT2D eigenvalue weighted by Gasteiger charge is 2.09. The van der Waals surface area contributed by atoms with Crippen LogP contribution in [0.3, 0.4) is 0 Å². The van der Waals surface area contributed by atoms with Crippen molar-refractivity contribution in [1.29, 1.82) is 0 Å². The largest absolute Gasteiger partial charge is 0.514 e. The molecule has 1 rings (SSSR count). The Hall–Kier alpha value is -2.06. The van der Waals surface area contributed by atoms with E-state index in [1.165, 1.54) is 19.3 Å². The van der Waals surface area contributed by atoms with Crippen LogP contribution in [0.2, 0.25) is 0 Å². The maximum absolute atomic E-state index is 11.8. The van der Waals surface area contributed by atoms with Gasteiger partial charge in [-0.25, -0.2) is 4.79 Å². The molecule has 1 unspecified atom stereocenters. The van der Waals surface area contributed by atoms with Gasteiger partial charge < -0.3 is 14.8 Å². The Morgan fingerprint density at radius 2 is 1.89 bits per heavy atom. The lowest BCUT2D eigenvalue weighted by atomic mass is 10.1. The van der Waals surface area contributed by atoms with Gasteiger partial charge in [0, 0.05) is 12.2 Å². The molecule has 7 nitrogen and oxygen atoms in total. The first kappa shape index (κ1) is 24.0. The van der Waals surface area contributed by atoms with Crippen LogP contribution in [-0.2, 0) is 14.9 Å². The van der Waals surface area contributed by atoms with E-state index in [-0.39, 0.29) is 18.3 Å². The van der Waals surface area contributed by atoms with Crippen LogP contribution in [0, 0.1) is 0 Å². The van der Waals surface area contributed by atoms with E-state index >= 15 is 0 Å². The van der Waals surface area contributed by atoms with Gasteiger partial charge in [0.25, 0.3) is 10.1 Å². The summed E-state index contributed by atoms with van der Waals surface area (Å²) in [6, 6.07) is 6.63. The van der Waals surface area contributed by atoms with E-state index in [2.05, 4.69) is 12.2 Å². The molecule has 2 N–H and O–H groups in total. The van der Waals surface area contributed by atoms with Gasteiger partial charge in [0.15, 0.2) is 0 Å². The van der Waals surface area contributed by atoms with Crippen LogP contribution in [0.4, 0.5) is 10.5 Å². The molecule has 0 saturated carbocycles. The summed E-state index contributed by atoms with van der Waals surface area (Å²) in [5.41, 5.74) is 0.746. The number of carbonyl (C=O) groups is 1. The number of carbonyl (C=O) groups excluding carboxylic acids is 1. The van der Waals surface area contributed by atoms with Gasteiger partial charge in [0.1, 0.15) is 11.9 Å². The monoisotopic (exact) mass is 413 g/mol. The molecule has 0 saturated heterocycles. The summed E-state index contributed by atoms with van der Waals surface area (Å²) in [5.74, 6) is 0.0579. The van der Waals surface area contributed by atoms with Gasteiger partial charge in [-0.15, -0.1) is 0 Å². The molecule has 0 amide bonds. The topological polar surface area (TPSA) is 102 Å². The van der Waals surface area contributed by atoms with Crippen LogP contribution < -0.4 is 10.1 Å². The van der Waals surface area contributed by atoms with Gasteiger partial charge >= 0.3 is 6.16 Å². The van der Waals surface area contributed by atoms with Gasteiger partial charge in [0.05, 0.1) is 5.75 Å². The highest BCUT2D eigenvalue weighted by Crippen LogP contribution is 2.16. The van der Waals surface area contributed by atoms with Crippen molar-refractivity contribution in [2.45, 2.75) is 58.5 Å². The van der Waals surface area contributed by atoms with Crippen molar-refractivity contribution in [3.8, 4) is 5.75 Å². The summed E-state index contributed by atoms with van der Waals surface area (Å²) < 4.78 is 40.3. The highest BCUT2D eigenvalue weighted by atomic mass is 32.2. The summed E-state index contributed by atoms with van der Waals surface area (Å²) in [6.07, 6.45) is 8.81. The summed E-state index contributed by atoms with van der Waals surface area (Å²) in [5, 5.41) is 3.01. The summed E-state index contributed by atoms with van der Waals surface area (Å²) in [6.45, 7) is 4.35. The second kappa shape index (κ2) is 13.2. The molecular weight excluding hydrogens is 382 g/mol. The van der Waals surface area contributed by atoms with Gasteiger partial charge in [-0.1, -0.05) is 32.3 Å². The molecule has 8 heteroatoms. The molecule has 158 valence electrons. The lowest BCUT2D eigenvalue weighted by Gasteiger charge is -2.10. The first-order chi connectivity index (χ1) is 13.3. The van der Waals surface area contributed by atoms with Crippen LogP contribution >= 0.6 is 0 Å². The SMILES string of the molecule is CCCCCCC=CC(C)OC(=O)Oc1ccc(NCCCS(=O)(=O)O)cc1. The Morgan fingerprint density at radius 3 is 2.54 bits per heavy atom. The second-order valence-electron chi connectivity index (χ2n) is 6.54. The lowest BCUT2D eigenvalue weighted by Crippen LogP contribution is -2.16. The van der Waals surface area contributed by atoms with Gasteiger partial charge in [-0.3, -0.25) is 4.55 Å². The Morgan fingerprint density at radius 1 is 1.18 bits per heavy atom. The molecule has 0 fully saturated rings. The number of allylic oxidation sites excluding steroid dienone is 1. The van der Waals surface area contributed by atoms with E-state index in [4.69, 9.17) is 14.0 Å². The normalized spacial score (nSPS) is 12.7. The third-order valence-corrected chi connectivity index (χ3v) is 4.68. The zero-order valence-electron chi connectivity index (χ0n) is 16.6. The number of unbranched alkanes of at least 4 members (excludes halogenated alkanes) is 4. The van der Waals surface area contributed by atoms with E-state index in [9.17, 15) is 13.2 Å². The third-order valence-electron chi connectivity index (χ3n) is 3.88. The summed E-state index contributed by atoms with van der Waals surface area (Å²) >= 11 is 0. The number of nitrogens with one attached hydrogen (secondary N) is 1. The van der Waals surface area contributed by atoms with Gasteiger partial charge in [0.2, 0.25) is 0 Å². The van der Waals surface area contributed by atoms with Crippen molar-refractivity contribution < 1.29 is 27.2 Å². The molecule has 1 aromatic rings. The molecular formula is C20H31NO6S. The van der Waals surface area contributed by atoms with Crippen molar-refractivity contribution in [3.63, 3.8) is 0 Å². The number of rotatable bonds is 13. The molecule has 0 radical (unpaired) electrons. The van der Waals surface area contributed by atoms with E-state index in [1.807, 2.05) is 12.2 Å². The number of hydrogen-bond acceptors (Lipinski definition) is 6. The maximum Gasteiger partial charge on any atom is 0.514 e. The van der Waals surface area contributed by atoms with Crippen LogP contribution in [0.1, 0.15) is 52.4 Å². The molecule has 0 aliphatic rings. The van der Waals surface area contributed by atoms with Crippen LogP contribution in [-0.4, -0.2) is 37.5 Å². The first-order valence-electron chi connectivity index (χ1n) is 9.64. The molecule has 1 aromatic carbocycles. The average Bonchev–Trinajstić information content (AvgIpc) is 2.62. The Labute approximate surface area is 167 Å². The lowest BCUT2D eigenvalue weighted by molar-refractivity contribution is 0.0823. The maximum atomic E-state index is 11.8. The Balaban J connectivity index is 2.29. The van der Waals surface area contributed by atoms with Crippen molar-refractivity contribution in [2.75, 3.05) is 17.6 Å². The molecule has 0 aliphatic carbocycles. The van der Waals surface area contributed by atoms with E-state index in [0.717, 1.165) is 18.5 Å². The minimum Gasteiger partial charge on any atom is -0.427 e. The number of anilines is 1. The summed E-state index contributed by atoms with van der Waals surface area (Å²) in [7, 11) is -3.94. The third kappa shape index (κ3) is 12.3. The van der Waals surface area contributed by atoms with Crippen molar-refractivity contribution in [2.24, 2.45) is 0 Å². The standard InChI is InChI=1S/C20H31NO6S/c1-3-4-5-6-7-8-10-17(2)26-20(22)27-19-13-11-18(12-14-19)21-15-9-16-28(23,24)25/h8,10-14,17,21H,3-7,9,15-16H2,1-2H3,(H,23,24,25). The van der Waals surface area contributed by atoms with Gasteiger partial charge in [-0.2, -0.15) is 8.42 Å². The Bertz CT molecular complexity index is 700. The minimum atomic E-state index is -3.94. The zero-order chi connectivity index (χ0) is 20.8. The molecule has 0 aromatic heterocycles.